The van der Waals surface area contributed by atoms with Gasteiger partial charge in [-0.1, -0.05) is 11.6 Å². The molecular weight excluding hydrogens is 284 g/mol. The van der Waals surface area contributed by atoms with Gasteiger partial charge in [-0.2, -0.15) is 0 Å². The topological polar surface area (TPSA) is 102 Å². The molecule has 0 radical (unpaired) electrons. The highest BCUT2D eigenvalue weighted by molar-refractivity contribution is 6.29. The second-order valence-corrected chi connectivity index (χ2v) is 5.33. The predicted octanol–water partition coefficient (Wildman–Crippen LogP) is 1.45. The molecule has 1 amide bonds. The van der Waals surface area contributed by atoms with Crippen LogP contribution in [0.1, 0.15) is 23.7 Å². The molecule has 1 aliphatic heterocycles. The van der Waals surface area contributed by atoms with Crippen molar-refractivity contribution in [2.24, 2.45) is 11.7 Å². The van der Waals surface area contributed by atoms with Crippen LogP contribution in [0.2, 0.25) is 5.15 Å². The average molecular weight is 299 g/mol. The van der Waals surface area contributed by atoms with E-state index in [0.29, 0.717) is 13.1 Å². The molecule has 2 N–H and O–H groups in total. The Morgan fingerprint density at radius 1 is 1.70 bits per heavy atom. The molecule has 2 unspecified atom stereocenters. The van der Waals surface area contributed by atoms with Crippen LogP contribution in [0.4, 0.5) is 5.69 Å². The minimum Gasteiger partial charge on any atom is -0.338 e. The van der Waals surface area contributed by atoms with E-state index in [9.17, 15) is 14.9 Å². The summed E-state index contributed by atoms with van der Waals surface area (Å²) in [5.74, 6) is -0.181. The van der Waals surface area contributed by atoms with Gasteiger partial charge in [0.15, 0.2) is 0 Å². The van der Waals surface area contributed by atoms with Gasteiger partial charge in [-0.15, -0.1) is 0 Å². The van der Waals surface area contributed by atoms with Gasteiger partial charge in [0.25, 0.3) is 11.6 Å². The van der Waals surface area contributed by atoms with Gasteiger partial charge in [-0.05, 0) is 25.3 Å². The number of halogens is 1. The van der Waals surface area contributed by atoms with E-state index < -0.39 is 10.8 Å². The molecule has 0 spiro atoms. The normalized spacial score (nSPS) is 19.9. The molecule has 1 aliphatic rings. The zero-order valence-electron chi connectivity index (χ0n) is 11.0. The monoisotopic (exact) mass is 298 g/mol. The minimum atomic E-state index is -0.629. The summed E-state index contributed by atoms with van der Waals surface area (Å²) in [7, 11) is 0. The van der Waals surface area contributed by atoms with Gasteiger partial charge < -0.3 is 10.6 Å². The molecule has 1 fully saturated rings. The molecule has 1 saturated heterocycles. The fraction of sp³-hybridized carbons (Fsp3) is 0.500. The molecule has 0 aliphatic carbocycles. The number of nitrogens with zero attached hydrogens (tertiary/aromatic N) is 3. The van der Waals surface area contributed by atoms with Gasteiger partial charge in [-0.3, -0.25) is 14.9 Å². The third kappa shape index (κ3) is 2.88. The fourth-order valence-corrected chi connectivity index (χ4v) is 2.47. The quantitative estimate of drug-likeness (QED) is 0.517. The molecule has 7 nitrogen and oxygen atoms in total. The second-order valence-electron chi connectivity index (χ2n) is 4.94. The van der Waals surface area contributed by atoms with Crippen molar-refractivity contribution in [2.75, 3.05) is 13.1 Å². The highest BCUT2D eigenvalue weighted by Gasteiger charge is 2.32. The van der Waals surface area contributed by atoms with E-state index in [1.54, 1.807) is 4.90 Å². The first kappa shape index (κ1) is 14.7. The lowest BCUT2D eigenvalue weighted by Gasteiger charge is -2.18. The van der Waals surface area contributed by atoms with Crippen LogP contribution in [0.25, 0.3) is 0 Å². The molecule has 1 aromatic rings. The van der Waals surface area contributed by atoms with Gasteiger partial charge >= 0.3 is 0 Å². The Bertz CT molecular complexity index is 550. The lowest BCUT2D eigenvalue weighted by molar-refractivity contribution is -0.385. The predicted molar refractivity (Wildman–Crippen MR) is 73.6 cm³/mol. The number of carbonyl (C=O) groups excluding carboxylic acids is 1. The molecule has 0 aromatic carbocycles. The summed E-state index contributed by atoms with van der Waals surface area (Å²) in [6, 6.07) is 1.23. The van der Waals surface area contributed by atoms with Gasteiger partial charge in [0.1, 0.15) is 16.9 Å². The van der Waals surface area contributed by atoms with Crippen LogP contribution in [0.15, 0.2) is 12.3 Å². The Labute approximate surface area is 120 Å². The fourth-order valence-electron chi connectivity index (χ4n) is 2.31. The van der Waals surface area contributed by atoms with Gasteiger partial charge in [-0.25, -0.2) is 4.98 Å². The number of nitro groups is 1. The largest absolute Gasteiger partial charge is 0.338 e. The number of aromatic nitrogens is 1. The number of pyridine rings is 1. The van der Waals surface area contributed by atoms with E-state index in [2.05, 4.69) is 4.98 Å². The maximum absolute atomic E-state index is 12.4. The highest BCUT2D eigenvalue weighted by atomic mass is 35.5. The average Bonchev–Trinajstić information content (AvgIpc) is 2.87. The van der Waals surface area contributed by atoms with Crippen molar-refractivity contribution in [3.63, 3.8) is 0 Å². The molecule has 2 heterocycles. The molecule has 108 valence electrons. The van der Waals surface area contributed by atoms with Gasteiger partial charge in [0, 0.05) is 19.1 Å². The van der Waals surface area contributed by atoms with Crippen molar-refractivity contribution in [2.45, 2.75) is 19.4 Å². The van der Waals surface area contributed by atoms with E-state index in [0.717, 1.165) is 12.6 Å². The van der Waals surface area contributed by atoms with Crippen molar-refractivity contribution < 1.29 is 9.72 Å². The first-order chi connectivity index (χ1) is 9.40. The maximum Gasteiger partial charge on any atom is 0.300 e. The summed E-state index contributed by atoms with van der Waals surface area (Å²) < 4.78 is 0. The summed E-state index contributed by atoms with van der Waals surface area (Å²) >= 11 is 5.73. The summed E-state index contributed by atoms with van der Waals surface area (Å²) in [6.45, 7) is 2.94. The summed E-state index contributed by atoms with van der Waals surface area (Å²) in [6.07, 6.45) is 1.81. The van der Waals surface area contributed by atoms with Crippen LogP contribution in [0.3, 0.4) is 0 Å². The summed E-state index contributed by atoms with van der Waals surface area (Å²) in [4.78, 5) is 27.9. The molecule has 8 heteroatoms. The van der Waals surface area contributed by atoms with E-state index in [1.807, 2.05) is 6.92 Å². The van der Waals surface area contributed by atoms with E-state index in [-0.39, 0.29) is 28.4 Å². The lowest BCUT2D eigenvalue weighted by Crippen LogP contribution is -2.33. The summed E-state index contributed by atoms with van der Waals surface area (Å²) in [5.41, 5.74) is 5.47. The zero-order valence-corrected chi connectivity index (χ0v) is 11.7. The molecule has 1 aromatic heterocycles. The van der Waals surface area contributed by atoms with E-state index in [1.165, 1.54) is 6.07 Å². The smallest absolute Gasteiger partial charge is 0.300 e. The van der Waals surface area contributed by atoms with Crippen molar-refractivity contribution in [3.8, 4) is 0 Å². The molecule has 0 saturated carbocycles. The number of amides is 1. The second kappa shape index (κ2) is 5.72. The third-order valence-electron chi connectivity index (χ3n) is 3.53. The Balaban J connectivity index is 2.26. The van der Waals surface area contributed by atoms with Crippen LogP contribution in [-0.2, 0) is 0 Å². The Hall–Kier alpha value is -1.73. The van der Waals surface area contributed by atoms with Crippen molar-refractivity contribution in [3.05, 3.63) is 33.1 Å². The van der Waals surface area contributed by atoms with Crippen molar-refractivity contribution >= 4 is 23.2 Å². The SMILES string of the molecule is CC(N)C1CCN(C(=O)c2cc(Cl)ncc2[N+](=O)[O-])C1. The Morgan fingerprint density at radius 2 is 2.40 bits per heavy atom. The number of rotatable bonds is 3. The van der Waals surface area contributed by atoms with E-state index in [4.69, 9.17) is 17.3 Å². The van der Waals surface area contributed by atoms with Crippen LogP contribution in [-0.4, -0.2) is 39.8 Å². The molecule has 0 bridgehead atoms. The molecule has 2 rings (SSSR count). The number of hydrogen-bond acceptors (Lipinski definition) is 5. The maximum atomic E-state index is 12.4. The van der Waals surface area contributed by atoms with Crippen LogP contribution in [0.5, 0.6) is 0 Å². The van der Waals surface area contributed by atoms with Gasteiger partial charge in [0.05, 0.1) is 4.92 Å². The minimum absolute atomic E-state index is 0.0104. The number of hydrogen-bond donors (Lipinski definition) is 1. The first-order valence-electron chi connectivity index (χ1n) is 6.25. The van der Waals surface area contributed by atoms with Gasteiger partial charge in [0.2, 0.25) is 0 Å². The molecule has 20 heavy (non-hydrogen) atoms. The first-order valence-corrected chi connectivity index (χ1v) is 6.62. The highest BCUT2D eigenvalue weighted by Crippen LogP contribution is 2.26. The van der Waals surface area contributed by atoms with Crippen molar-refractivity contribution in [1.82, 2.24) is 9.88 Å². The standard InChI is InChI=1S/C12H15ClN4O3/c1-7(14)8-2-3-16(6-8)12(18)9-4-11(13)15-5-10(9)17(19)20/h4-5,7-8H,2-3,6,14H2,1H3. The number of carbonyl (C=O) groups is 1. The van der Waals surface area contributed by atoms with Crippen molar-refractivity contribution in [1.29, 1.82) is 0 Å². The van der Waals surface area contributed by atoms with Crippen LogP contribution < -0.4 is 5.73 Å². The molecule has 2 atom stereocenters. The Kier molecular flexibility index (Phi) is 4.20. The lowest BCUT2D eigenvalue weighted by atomic mass is 10.0. The Morgan fingerprint density at radius 3 is 2.95 bits per heavy atom. The number of nitrogens with two attached hydrogens (primary N) is 1. The zero-order chi connectivity index (χ0) is 14.9. The van der Waals surface area contributed by atoms with Crippen LogP contribution in [0, 0.1) is 16.0 Å². The van der Waals surface area contributed by atoms with Crippen LogP contribution >= 0.6 is 11.6 Å². The molecular formula is C12H15ClN4O3. The summed E-state index contributed by atoms with van der Waals surface area (Å²) in [5, 5.41) is 11.0. The van der Waals surface area contributed by atoms with E-state index >= 15 is 0 Å². The third-order valence-corrected chi connectivity index (χ3v) is 3.74. The number of likely N-dealkylation sites (tertiary alicyclic amines) is 1.